The number of hydrogen-bond acceptors (Lipinski definition) is 4. The van der Waals surface area contributed by atoms with E-state index in [1.165, 1.54) is 6.07 Å². The summed E-state index contributed by atoms with van der Waals surface area (Å²) in [6.45, 7) is 5.60. The first kappa shape index (κ1) is 19.3. The molecule has 2 aromatic carbocycles. The molecule has 0 aliphatic rings. The first-order chi connectivity index (χ1) is 11.6. The number of halogens is 1. The number of aryl methyl sites for hydroxylation is 2. The molecule has 0 aliphatic heterocycles. The van der Waals surface area contributed by atoms with Crippen molar-refractivity contribution in [3.63, 3.8) is 0 Å². The van der Waals surface area contributed by atoms with E-state index in [2.05, 4.69) is 10.6 Å². The van der Waals surface area contributed by atoms with Crippen molar-refractivity contribution in [1.29, 1.82) is 0 Å². The molecule has 0 atom stereocenters. The van der Waals surface area contributed by atoms with Gasteiger partial charge in [0.05, 0.1) is 11.4 Å². The summed E-state index contributed by atoms with van der Waals surface area (Å²) in [7, 11) is -3.40. The summed E-state index contributed by atoms with van der Waals surface area (Å²) in [6.07, 6.45) is 1.13. The Labute approximate surface area is 153 Å². The predicted molar refractivity (Wildman–Crippen MR) is 102 cm³/mol. The number of benzene rings is 2. The Bertz CT molecular complexity index is 904. The molecule has 0 bridgehead atoms. The lowest BCUT2D eigenvalue weighted by Crippen LogP contribution is -2.22. The highest BCUT2D eigenvalue weighted by atomic mass is 35.5. The first-order valence-corrected chi connectivity index (χ1v) is 9.95. The fraction of sp³-hybridized carbons (Fsp3) is 0.278. The average molecular weight is 381 g/mol. The summed E-state index contributed by atoms with van der Waals surface area (Å²) in [4.78, 5) is 12.3. The number of sulfone groups is 1. The minimum absolute atomic E-state index is 0.00261. The normalized spacial score (nSPS) is 11.2. The van der Waals surface area contributed by atoms with Crippen molar-refractivity contribution in [1.82, 2.24) is 0 Å². The summed E-state index contributed by atoms with van der Waals surface area (Å²) in [5.41, 5.74) is 3.90. The van der Waals surface area contributed by atoms with E-state index in [-0.39, 0.29) is 17.3 Å². The number of nitrogens with one attached hydrogen (secondary N) is 2. The molecule has 0 saturated heterocycles. The summed E-state index contributed by atoms with van der Waals surface area (Å²) >= 11 is 6.00. The second-order valence-electron chi connectivity index (χ2n) is 6.13. The van der Waals surface area contributed by atoms with Gasteiger partial charge >= 0.3 is 0 Å². The number of amides is 1. The third-order valence-electron chi connectivity index (χ3n) is 3.67. The van der Waals surface area contributed by atoms with Crippen LogP contribution in [0.15, 0.2) is 35.2 Å². The first-order valence-electron chi connectivity index (χ1n) is 7.68. The SMILES string of the molecule is Cc1cc(C)cc(NC(=O)CNc2cc(Cl)cc(S(C)(=O)=O)c2C)c1. The van der Waals surface area contributed by atoms with Crippen LogP contribution in [0.1, 0.15) is 16.7 Å². The van der Waals surface area contributed by atoms with Gasteiger partial charge in [0.1, 0.15) is 0 Å². The van der Waals surface area contributed by atoms with E-state index < -0.39 is 9.84 Å². The number of carbonyl (C=O) groups excluding carboxylic acids is 1. The standard InChI is InChI=1S/C18H21ClN2O3S/c1-11-5-12(2)7-15(6-11)21-18(22)10-20-16-8-14(19)9-17(13(16)3)25(4,23)24/h5-9,20H,10H2,1-4H3,(H,21,22). The van der Waals surface area contributed by atoms with Crippen LogP contribution in [-0.2, 0) is 14.6 Å². The highest BCUT2D eigenvalue weighted by molar-refractivity contribution is 7.90. The van der Waals surface area contributed by atoms with Crippen molar-refractivity contribution in [2.75, 3.05) is 23.4 Å². The van der Waals surface area contributed by atoms with Gasteiger partial charge in [-0.05, 0) is 61.7 Å². The number of hydrogen-bond donors (Lipinski definition) is 2. The van der Waals surface area contributed by atoms with E-state index in [0.29, 0.717) is 16.3 Å². The van der Waals surface area contributed by atoms with E-state index in [4.69, 9.17) is 11.6 Å². The third kappa shape index (κ3) is 5.21. The highest BCUT2D eigenvalue weighted by Gasteiger charge is 2.15. The van der Waals surface area contributed by atoms with Crippen molar-refractivity contribution < 1.29 is 13.2 Å². The predicted octanol–water partition coefficient (Wildman–Crippen LogP) is 3.72. The van der Waals surface area contributed by atoms with Gasteiger partial charge in [0.2, 0.25) is 5.91 Å². The lowest BCUT2D eigenvalue weighted by atomic mass is 10.1. The van der Waals surface area contributed by atoms with Crippen LogP contribution in [0.5, 0.6) is 0 Å². The smallest absolute Gasteiger partial charge is 0.243 e. The molecule has 1 amide bonds. The Morgan fingerprint density at radius 1 is 1.04 bits per heavy atom. The van der Waals surface area contributed by atoms with Crippen LogP contribution >= 0.6 is 11.6 Å². The van der Waals surface area contributed by atoms with Gasteiger partial charge in [-0.3, -0.25) is 4.79 Å². The maximum atomic E-state index is 12.2. The summed E-state index contributed by atoms with van der Waals surface area (Å²) in [5.74, 6) is -0.231. The molecular formula is C18H21ClN2O3S. The van der Waals surface area contributed by atoms with Crippen LogP contribution in [0, 0.1) is 20.8 Å². The van der Waals surface area contributed by atoms with Crippen molar-refractivity contribution >= 4 is 38.7 Å². The molecule has 2 aromatic rings. The molecule has 25 heavy (non-hydrogen) atoms. The Hall–Kier alpha value is -2.05. The van der Waals surface area contributed by atoms with E-state index in [9.17, 15) is 13.2 Å². The topological polar surface area (TPSA) is 75.3 Å². The maximum absolute atomic E-state index is 12.2. The van der Waals surface area contributed by atoms with Gasteiger partial charge in [0, 0.05) is 22.7 Å². The fourth-order valence-electron chi connectivity index (χ4n) is 2.65. The number of carbonyl (C=O) groups is 1. The molecule has 0 saturated carbocycles. The monoisotopic (exact) mass is 380 g/mol. The van der Waals surface area contributed by atoms with Gasteiger partial charge in [0.25, 0.3) is 0 Å². The molecule has 0 aliphatic carbocycles. The van der Waals surface area contributed by atoms with Gasteiger partial charge in [-0.15, -0.1) is 0 Å². The molecule has 0 spiro atoms. The Balaban J connectivity index is 2.13. The molecule has 0 aromatic heterocycles. The molecule has 0 fully saturated rings. The lowest BCUT2D eigenvalue weighted by molar-refractivity contribution is -0.114. The van der Waals surface area contributed by atoms with Gasteiger partial charge in [-0.1, -0.05) is 17.7 Å². The minimum Gasteiger partial charge on any atom is -0.376 e. The largest absolute Gasteiger partial charge is 0.376 e. The number of rotatable bonds is 5. The van der Waals surface area contributed by atoms with Crippen molar-refractivity contribution in [2.24, 2.45) is 0 Å². The molecular weight excluding hydrogens is 360 g/mol. The summed E-state index contributed by atoms with van der Waals surface area (Å²) in [6, 6.07) is 8.81. The molecule has 2 rings (SSSR count). The van der Waals surface area contributed by atoms with Crippen LogP contribution in [0.3, 0.4) is 0 Å². The van der Waals surface area contributed by atoms with E-state index >= 15 is 0 Å². The number of anilines is 2. The van der Waals surface area contributed by atoms with E-state index in [0.717, 1.165) is 23.1 Å². The Kier molecular flexibility index (Phi) is 5.75. The van der Waals surface area contributed by atoms with Gasteiger partial charge in [-0.25, -0.2) is 8.42 Å². The molecule has 0 radical (unpaired) electrons. The van der Waals surface area contributed by atoms with Gasteiger partial charge in [-0.2, -0.15) is 0 Å². The molecule has 0 heterocycles. The van der Waals surface area contributed by atoms with E-state index in [1.807, 2.05) is 32.0 Å². The lowest BCUT2D eigenvalue weighted by Gasteiger charge is -2.14. The molecule has 7 heteroatoms. The van der Waals surface area contributed by atoms with Crippen LogP contribution in [0.4, 0.5) is 11.4 Å². The van der Waals surface area contributed by atoms with Crippen LogP contribution in [0.2, 0.25) is 5.02 Å². The molecule has 134 valence electrons. The van der Waals surface area contributed by atoms with Crippen LogP contribution < -0.4 is 10.6 Å². The summed E-state index contributed by atoms with van der Waals surface area (Å²) < 4.78 is 23.7. The van der Waals surface area contributed by atoms with Crippen LogP contribution in [-0.4, -0.2) is 27.1 Å². The fourth-order valence-corrected chi connectivity index (χ4v) is 3.94. The molecule has 5 nitrogen and oxygen atoms in total. The Morgan fingerprint density at radius 3 is 2.20 bits per heavy atom. The maximum Gasteiger partial charge on any atom is 0.243 e. The van der Waals surface area contributed by atoms with Gasteiger partial charge in [0.15, 0.2) is 9.84 Å². The second kappa shape index (κ2) is 7.45. The van der Waals surface area contributed by atoms with Gasteiger partial charge < -0.3 is 10.6 Å². The van der Waals surface area contributed by atoms with Crippen molar-refractivity contribution in [3.8, 4) is 0 Å². The zero-order chi connectivity index (χ0) is 18.8. The average Bonchev–Trinajstić information content (AvgIpc) is 2.45. The van der Waals surface area contributed by atoms with Crippen molar-refractivity contribution in [2.45, 2.75) is 25.7 Å². The third-order valence-corrected chi connectivity index (χ3v) is 5.11. The zero-order valence-electron chi connectivity index (χ0n) is 14.6. The quantitative estimate of drug-likeness (QED) is 0.828. The summed E-state index contributed by atoms with van der Waals surface area (Å²) in [5, 5.41) is 6.07. The minimum atomic E-state index is -3.40. The van der Waals surface area contributed by atoms with Crippen molar-refractivity contribution in [3.05, 3.63) is 52.0 Å². The molecule has 0 unspecified atom stereocenters. The second-order valence-corrected chi connectivity index (χ2v) is 8.55. The zero-order valence-corrected chi connectivity index (χ0v) is 16.2. The highest BCUT2D eigenvalue weighted by Crippen LogP contribution is 2.28. The molecule has 2 N–H and O–H groups in total. The van der Waals surface area contributed by atoms with E-state index in [1.54, 1.807) is 13.0 Å². The van der Waals surface area contributed by atoms with Crippen LogP contribution in [0.25, 0.3) is 0 Å². The Morgan fingerprint density at radius 2 is 1.64 bits per heavy atom.